The van der Waals surface area contributed by atoms with Gasteiger partial charge in [-0.05, 0) is 32.9 Å². The second-order valence-electron chi connectivity index (χ2n) is 3.94. The fourth-order valence-electron chi connectivity index (χ4n) is 1.66. The summed E-state index contributed by atoms with van der Waals surface area (Å²) in [6, 6.07) is 3.07. The van der Waals surface area contributed by atoms with Crippen LogP contribution in [0.5, 0.6) is 0 Å². The molecule has 6 nitrogen and oxygen atoms in total. The molecule has 1 aromatic heterocycles. The summed E-state index contributed by atoms with van der Waals surface area (Å²) in [5.41, 5.74) is 0.648. The van der Waals surface area contributed by atoms with Crippen molar-refractivity contribution in [2.75, 3.05) is 13.2 Å². The number of Topliss-reactive ketones (excluding diaryl/α,β-unsaturated/α-hetero) is 1. The number of esters is 2. The normalized spacial score (nSPS) is 10.2. The maximum atomic E-state index is 12.4. The molecule has 0 saturated heterocycles. The molecule has 1 rings (SSSR count). The average Bonchev–Trinajstić information content (AvgIpc) is 2.40. The Kier molecular flexibility index (Phi) is 5.83. The van der Waals surface area contributed by atoms with E-state index in [1.54, 1.807) is 26.8 Å². The molecule has 0 atom stereocenters. The van der Waals surface area contributed by atoms with Gasteiger partial charge >= 0.3 is 11.9 Å². The number of pyridine rings is 1. The molecule has 1 aromatic rings. The number of aryl methyl sites for hydroxylation is 1. The van der Waals surface area contributed by atoms with E-state index in [0.29, 0.717) is 5.69 Å². The number of hydrogen-bond donors (Lipinski definition) is 0. The Morgan fingerprint density at radius 2 is 1.70 bits per heavy atom. The first kappa shape index (κ1) is 15.8. The highest BCUT2D eigenvalue weighted by Gasteiger charge is 2.38. The average molecular weight is 279 g/mol. The van der Waals surface area contributed by atoms with Crippen LogP contribution in [0.3, 0.4) is 0 Å². The molecule has 0 aromatic carbocycles. The first-order valence-electron chi connectivity index (χ1n) is 6.32. The Bertz CT molecular complexity index is 494. The monoisotopic (exact) mass is 279 g/mol. The number of ketones is 1. The van der Waals surface area contributed by atoms with Gasteiger partial charge in [-0.3, -0.25) is 19.4 Å². The van der Waals surface area contributed by atoms with Crippen LogP contribution in [-0.2, 0) is 19.1 Å². The number of hydrogen-bond acceptors (Lipinski definition) is 6. The van der Waals surface area contributed by atoms with Gasteiger partial charge in [0.1, 0.15) is 0 Å². The topological polar surface area (TPSA) is 82.6 Å². The number of nitrogens with zero attached hydrogens (tertiary/aromatic N) is 1. The first-order chi connectivity index (χ1) is 9.52. The van der Waals surface area contributed by atoms with E-state index in [0.717, 1.165) is 0 Å². The second kappa shape index (κ2) is 7.37. The third kappa shape index (κ3) is 3.63. The highest BCUT2D eigenvalue weighted by Crippen LogP contribution is 2.15. The zero-order valence-electron chi connectivity index (χ0n) is 11.7. The zero-order chi connectivity index (χ0) is 15.1. The molecule has 0 aliphatic heterocycles. The first-order valence-corrected chi connectivity index (χ1v) is 6.32. The van der Waals surface area contributed by atoms with Gasteiger partial charge in [0.25, 0.3) is 0 Å². The zero-order valence-corrected chi connectivity index (χ0v) is 11.7. The van der Waals surface area contributed by atoms with Gasteiger partial charge in [-0.25, -0.2) is 0 Å². The van der Waals surface area contributed by atoms with Crippen molar-refractivity contribution in [3.8, 4) is 0 Å². The summed E-state index contributed by atoms with van der Waals surface area (Å²) in [4.78, 5) is 40.0. The third-order valence-electron chi connectivity index (χ3n) is 2.58. The molecule has 1 heterocycles. The minimum absolute atomic E-state index is 0.0774. The van der Waals surface area contributed by atoms with E-state index in [2.05, 4.69) is 4.98 Å². The van der Waals surface area contributed by atoms with Crippen LogP contribution in [0.4, 0.5) is 0 Å². The lowest BCUT2D eigenvalue weighted by Crippen LogP contribution is -2.35. The van der Waals surface area contributed by atoms with Gasteiger partial charge in [0.15, 0.2) is 5.78 Å². The Balaban J connectivity index is 3.10. The SMILES string of the molecule is CCOC(=O)C(C(=O)OCC)C(=O)c1cccnc1C. The largest absolute Gasteiger partial charge is 0.465 e. The Hall–Kier alpha value is -2.24. The summed E-state index contributed by atoms with van der Waals surface area (Å²) in [6.07, 6.45) is 1.52. The van der Waals surface area contributed by atoms with Crippen molar-refractivity contribution in [1.29, 1.82) is 0 Å². The molecule has 0 bridgehead atoms. The van der Waals surface area contributed by atoms with Crippen molar-refractivity contribution < 1.29 is 23.9 Å². The van der Waals surface area contributed by atoms with Gasteiger partial charge in [-0.15, -0.1) is 0 Å². The van der Waals surface area contributed by atoms with Gasteiger partial charge in [-0.1, -0.05) is 0 Å². The number of ether oxygens (including phenoxy) is 2. The van der Waals surface area contributed by atoms with Crippen LogP contribution in [0.15, 0.2) is 18.3 Å². The molecule has 6 heteroatoms. The van der Waals surface area contributed by atoms with E-state index in [4.69, 9.17) is 9.47 Å². The van der Waals surface area contributed by atoms with Gasteiger partial charge in [-0.2, -0.15) is 0 Å². The van der Waals surface area contributed by atoms with E-state index in [-0.39, 0.29) is 18.8 Å². The Labute approximate surface area is 117 Å². The number of rotatable bonds is 6. The summed E-state index contributed by atoms with van der Waals surface area (Å²) in [5, 5.41) is 0. The quantitative estimate of drug-likeness (QED) is 0.443. The lowest BCUT2D eigenvalue weighted by molar-refractivity contribution is -0.158. The third-order valence-corrected chi connectivity index (χ3v) is 2.58. The summed E-state index contributed by atoms with van der Waals surface area (Å²) >= 11 is 0. The van der Waals surface area contributed by atoms with Crippen LogP contribution in [0.2, 0.25) is 0 Å². The van der Waals surface area contributed by atoms with Gasteiger partial charge in [0.05, 0.1) is 13.2 Å². The molecular weight excluding hydrogens is 262 g/mol. The molecule has 0 fully saturated rings. The van der Waals surface area contributed by atoms with Crippen molar-refractivity contribution in [2.45, 2.75) is 20.8 Å². The molecule has 108 valence electrons. The van der Waals surface area contributed by atoms with Gasteiger partial charge in [0.2, 0.25) is 5.92 Å². The molecule has 20 heavy (non-hydrogen) atoms. The maximum Gasteiger partial charge on any atom is 0.328 e. The van der Waals surface area contributed by atoms with Crippen LogP contribution < -0.4 is 0 Å². The molecule has 0 amide bonds. The number of carbonyl (C=O) groups excluding carboxylic acids is 3. The van der Waals surface area contributed by atoms with E-state index in [1.165, 1.54) is 12.3 Å². The van der Waals surface area contributed by atoms with Crippen LogP contribution in [0, 0.1) is 12.8 Å². The van der Waals surface area contributed by atoms with E-state index >= 15 is 0 Å². The maximum absolute atomic E-state index is 12.4. The predicted octanol–water partition coefficient (Wildman–Crippen LogP) is 1.32. The Morgan fingerprint density at radius 1 is 1.15 bits per heavy atom. The standard InChI is InChI=1S/C14H17NO5/c1-4-19-13(17)11(14(18)20-5-2)12(16)10-7-6-8-15-9(10)3/h6-8,11H,4-5H2,1-3H3. The van der Waals surface area contributed by atoms with Gasteiger partial charge in [0, 0.05) is 17.5 Å². The molecule has 0 spiro atoms. The molecule has 0 aliphatic rings. The van der Waals surface area contributed by atoms with Crippen molar-refractivity contribution >= 4 is 17.7 Å². The number of carbonyl (C=O) groups is 3. The molecule has 0 aliphatic carbocycles. The van der Waals surface area contributed by atoms with Crippen molar-refractivity contribution in [3.63, 3.8) is 0 Å². The fourth-order valence-corrected chi connectivity index (χ4v) is 1.66. The lowest BCUT2D eigenvalue weighted by Gasteiger charge is -2.14. The number of aromatic nitrogens is 1. The highest BCUT2D eigenvalue weighted by molar-refractivity contribution is 6.21. The van der Waals surface area contributed by atoms with Crippen molar-refractivity contribution in [2.24, 2.45) is 5.92 Å². The van der Waals surface area contributed by atoms with Crippen molar-refractivity contribution in [1.82, 2.24) is 4.98 Å². The smallest absolute Gasteiger partial charge is 0.328 e. The van der Waals surface area contributed by atoms with E-state index in [1.807, 2.05) is 0 Å². The predicted molar refractivity (Wildman–Crippen MR) is 70.1 cm³/mol. The minimum Gasteiger partial charge on any atom is -0.465 e. The fraction of sp³-hybridized carbons (Fsp3) is 0.429. The summed E-state index contributed by atoms with van der Waals surface area (Å²) < 4.78 is 9.55. The molecule has 0 radical (unpaired) electrons. The molecule has 0 N–H and O–H groups in total. The molecular formula is C14H17NO5. The molecule has 0 saturated carbocycles. The van der Waals surface area contributed by atoms with Crippen LogP contribution >= 0.6 is 0 Å². The van der Waals surface area contributed by atoms with E-state index < -0.39 is 23.6 Å². The molecule has 0 unspecified atom stereocenters. The highest BCUT2D eigenvalue weighted by atomic mass is 16.6. The van der Waals surface area contributed by atoms with Crippen molar-refractivity contribution in [3.05, 3.63) is 29.6 Å². The van der Waals surface area contributed by atoms with E-state index in [9.17, 15) is 14.4 Å². The minimum atomic E-state index is -1.60. The lowest BCUT2D eigenvalue weighted by atomic mass is 9.97. The second-order valence-corrected chi connectivity index (χ2v) is 3.94. The summed E-state index contributed by atoms with van der Waals surface area (Å²) in [5.74, 6) is -4.07. The van der Waals surface area contributed by atoms with Crippen LogP contribution in [-0.4, -0.2) is 35.9 Å². The summed E-state index contributed by atoms with van der Waals surface area (Å²) in [6.45, 7) is 4.97. The van der Waals surface area contributed by atoms with Crippen LogP contribution in [0.1, 0.15) is 29.9 Å². The van der Waals surface area contributed by atoms with Gasteiger partial charge < -0.3 is 9.47 Å². The Morgan fingerprint density at radius 3 is 2.15 bits per heavy atom. The van der Waals surface area contributed by atoms with Crippen LogP contribution in [0.25, 0.3) is 0 Å². The summed E-state index contributed by atoms with van der Waals surface area (Å²) in [7, 11) is 0.